The standard InChI is InChI=1S/C12H13ClN2O4S2/c13-11-2-1-9(8-14)7-12(11)21(18,19)15-10-3-5-20(16,17)6-4-10/h1-2,7,10,15H,3-6H2. The van der Waals surface area contributed by atoms with Crippen LogP contribution in [-0.4, -0.2) is 34.4 Å². The van der Waals surface area contributed by atoms with E-state index in [9.17, 15) is 16.8 Å². The van der Waals surface area contributed by atoms with Crippen molar-refractivity contribution in [3.05, 3.63) is 28.8 Å². The molecule has 21 heavy (non-hydrogen) atoms. The number of nitrogens with zero attached hydrogens (tertiary/aromatic N) is 1. The van der Waals surface area contributed by atoms with Crippen LogP contribution in [0.5, 0.6) is 0 Å². The second-order valence-electron chi connectivity index (χ2n) is 4.80. The Bertz CT molecular complexity index is 783. The van der Waals surface area contributed by atoms with Gasteiger partial charge in [-0.1, -0.05) is 11.6 Å². The molecule has 9 heteroatoms. The van der Waals surface area contributed by atoms with E-state index in [1.54, 1.807) is 0 Å². The Morgan fingerprint density at radius 1 is 1.29 bits per heavy atom. The fourth-order valence-electron chi connectivity index (χ4n) is 2.07. The number of rotatable bonds is 3. The molecule has 0 aliphatic carbocycles. The molecule has 1 aliphatic rings. The highest BCUT2D eigenvalue weighted by molar-refractivity contribution is 7.91. The molecule has 0 atom stereocenters. The highest BCUT2D eigenvalue weighted by atomic mass is 35.5. The molecule has 2 rings (SSSR count). The number of sulfonamides is 1. The van der Waals surface area contributed by atoms with Crippen LogP contribution in [0.4, 0.5) is 0 Å². The SMILES string of the molecule is N#Cc1ccc(Cl)c(S(=O)(=O)NC2CCS(=O)(=O)CC2)c1. The minimum Gasteiger partial charge on any atom is -0.229 e. The van der Waals surface area contributed by atoms with E-state index in [0.29, 0.717) is 0 Å². The van der Waals surface area contributed by atoms with Gasteiger partial charge >= 0.3 is 0 Å². The monoisotopic (exact) mass is 348 g/mol. The quantitative estimate of drug-likeness (QED) is 0.879. The molecule has 0 spiro atoms. The second-order valence-corrected chi connectivity index (χ2v) is 9.20. The van der Waals surface area contributed by atoms with E-state index in [1.807, 2.05) is 6.07 Å². The number of nitrogens with one attached hydrogen (secondary N) is 1. The minimum absolute atomic E-state index is 0.0185. The van der Waals surface area contributed by atoms with E-state index in [0.717, 1.165) is 0 Å². The van der Waals surface area contributed by atoms with Crippen LogP contribution in [0.15, 0.2) is 23.1 Å². The Balaban J connectivity index is 2.22. The lowest BCUT2D eigenvalue weighted by atomic mass is 10.2. The lowest BCUT2D eigenvalue weighted by Gasteiger charge is -2.23. The number of halogens is 1. The zero-order valence-corrected chi connectivity index (χ0v) is 13.3. The predicted molar refractivity (Wildman–Crippen MR) is 78.2 cm³/mol. The van der Waals surface area contributed by atoms with Crippen LogP contribution >= 0.6 is 11.6 Å². The predicted octanol–water partition coefficient (Wildman–Crippen LogP) is 1.07. The molecule has 1 N–H and O–H groups in total. The first-order chi connectivity index (χ1) is 9.73. The molecule has 0 amide bonds. The molecule has 1 heterocycles. The van der Waals surface area contributed by atoms with Crippen molar-refractivity contribution in [2.75, 3.05) is 11.5 Å². The van der Waals surface area contributed by atoms with Gasteiger partial charge in [-0.2, -0.15) is 5.26 Å². The van der Waals surface area contributed by atoms with Crippen LogP contribution in [-0.2, 0) is 19.9 Å². The zero-order valence-electron chi connectivity index (χ0n) is 10.9. The van der Waals surface area contributed by atoms with Gasteiger partial charge in [0.1, 0.15) is 14.7 Å². The Morgan fingerprint density at radius 2 is 1.90 bits per heavy atom. The average Bonchev–Trinajstić information content (AvgIpc) is 2.41. The van der Waals surface area contributed by atoms with E-state index in [-0.39, 0.29) is 39.8 Å². The number of benzene rings is 1. The third-order valence-electron chi connectivity index (χ3n) is 3.23. The zero-order chi connectivity index (χ0) is 15.7. The Kier molecular flexibility index (Phi) is 4.58. The molecule has 1 aromatic rings. The highest BCUT2D eigenvalue weighted by Crippen LogP contribution is 2.24. The summed E-state index contributed by atoms with van der Waals surface area (Å²) in [7, 11) is -6.95. The van der Waals surface area contributed by atoms with Crippen LogP contribution < -0.4 is 4.72 Å². The van der Waals surface area contributed by atoms with E-state index in [4.69, 9.17) is 16.9 Å². The Morgan fingerprint density at radius 3 is 2.48 bits per heavy atom. The van der Waals surface area contributed by atoms with Gasteiger partial charge in [-0.3, -0.25) is 0 Å². The van der Waals surface area contributed by atoms with Gasteiger partial charge in [0.15, 0.2) is 0 Å². The van der Waals surface area contributed by atoms with Crippen LogP contribution in [0.2, 0.25) is 5.02 Å². The molecule has 1 aromatic carbocycles. The van der Waals surface area contributed by atoms with Crippen LogP contribution in [0.25, 0.3) is 0 Å². The fraction of sp³-hybridized carbons (Fsp3) is 0.417. The number of hydrogen-bond acceptors (Lipinski definition) is 5. The van der Waals surface area contributed by atoms with Crippen molar-refractivity contribution in [2.45, 2.75) is 23.8 Å². The number of nitriles is 1. The summed E-state index contributed by atoms with van der Waals surface area (Å²) < 4.78 is 49.7. The number of sulfone groups is 1. The summed E-state index contributed by atoms with van der Waals surface area (Å²) in [5.74, 6) is -0.0711. The minimum atomic E-state index is -3.89. The van der Waals surface area contributed by atoms with Crippen LogP contribution in [0.1, 0.15) is 18.4 Å². The maximum Gasteiger partial charge on any atom is 0.242 e. The van der Waals surface area contributed by atoms with Gasteiger partial charge in [0.05, 0.1) is 28.2 Å². The lowest BCUT2D eigenvalue weighted by molar-refractivity contribution is 0.505. The molecule has 6 nitrogen and oxygen atoms in total. The van der Waals surface area contributed by atoms with Crippen LogP contribution in [0, 0.1) is 11.3 Å². The lowest BCUT2D eigenvalue weighted by Crippen LogP contribution is -2.40. The molecular formula is C12H13ClN2O4S2. The summed E-state index contributed by atoms with van der Waals surface area (Å²) in [6.45, 7) is 0. The van der Waals surface area contributed by atoms with Crippen molar-refractivity contribution in [1.29, 1.82) is 5.26 Å². The number of hydrogen-bond donors (Lipinski definition) is 1. The van der Waals surface area contributed by atoms with Gasteiger partial charge in [0, 0.05) is 6.04 Å². The van der Waals surface area contributed by atoms with Crippen molar-refractivity contribution >= 4 is 31.5 Å². The summed E-state index contributed by atoms with van der Waals surface area (Å²) in [6.07, 6.45) is 0.467. The molecular weight excluding hydrogens is 336 g/mol. The molecule has 1 fully saturated rings. The van der Waals surface area contributed by atoms with Gasteiger partial charge in [0.2, 0.25) is 10.0 Å². The molecule has 0 bridgehead atoms. The van der Waals surface area contributed by atoms with Crippen molar-refractivity contribution in [3.63, 3.8) is 0 Å². The summed E-state index contributed by atoms with van der Waals surface area (Å²) >= 11 is 5.88. The third kappa shape index (κ3) is 3.95. The topological polar surface area (TPSA) is 104 Å². The molecule has 1 aliphatic heterocycles. The van der Waals surface area contributed by atoms with Gasteiger partial charge in [-0.05, 0) is 31.0 Å². The van der Waals surface area contributed by atoms with Gasteiger partial charge in [0.25, 0.3) is 0 Å². The fourth-order valence-corrected chi connectivity index (χ4v) is 5.39. The smallest absolute Gasteiger partial charge is 0.229 e. The largest absolute Gasteiger partial charge is 0.242 e. The van der Waals surface area contributed by atoms with Crippen LogP contribution in [0.3, 0.4) is 0 Å². The third-order valence-corrected chi connectivity index (χ3v) is 6.94. The van der Waals surface area contributed by atoms with Crippen molar-refractivity contribution in [1.82, 2.24) is 4.72 Å². The normalized spacial score (nSPS) is 19.0. The van der Waals surface area contributed by atoms with Crippen molar-refractivity contribution < 1.29 is 16.8 Å². The van der Waals surface area contributed by atoms with E-state index < -0.39 is 25.9 Å². The van der Waals surface area contributed by atoms with Crippen molar-refractivity contribution in [3.8, 4) is 6.07 Å². The first-order valence-corrected chi connectivity index (χ1v) is 9.84. The summed E-state index contributed by atoms with van der Waals surface area (Å²) in [4.78, 5) is -0.170. The molecule has 0 aromatic heterocycles. The molecule has 0 radical (unpaired) electrons. The van der Waals surface area contributed by atoms with Crippen molar-refractivity contribution in [2.24, 2.45) is 0 Å². The summed E-state index contributed by atoms with van der Waals surface area (Å²) in [6, 6.07) is 5.38. The molecule has 1 saturated heterocycles. The Labute approximate surface area is 128 Å². The summed E-state index contributed by atoms with van der Waals surface area (Å²) in [5, 5.41) is 8.84. The molecule has 0 saturated carbocycles. The Hall–Kier alpha value is -1.14. The first kappa shape index (κ1) is 16.2. The maximum absolute atomic E-state index is 12.3. The molecule has 114 valence electrons. The molecule has 0 unspecified atom stereocenters. The highest BCUT2D eigenvalue weighted by Gasteiger charge is 2.28. The van der Waals surface area contributed by atoms with E-state index in [2.05, 4.69) is 4.72 Å². The second kappa shape index (κ2) is 5.93. The summed E-state index contributed by atoms with van der Waals surface area (Å²) in [5.41, 5.74) is 0.186. The van der Waals surface area contributed by atoms with Gasteiger partial charge < -0.3 is 0 Å². The van der Waals surface area contributed by atoms with Gasteiger partial charge in [-0.15, -0.1) is 0 Å². The van der Waals surface area contributed by atoms with E-state index in [1.165, 1.54) is 18.2 Å². The van der Waals surface area contributed by atoms with E-state index >= 15 is 0 Å². The van der Waals surface area contributed by atoms with Gasteiger partial charge in [-0.25, -0.2) is 21.6 Å². The average molecular weight is 349 g/mol. The maximum atomic E-state index is 12.3. The first-order valence-electron chi connectivity index (χ1n) is 6.16.